The van der Waals surface area contributed by atoms with Gasteiger partial charge in [-0.25, -0.2) is 0 Å². The van der Waals surface area contributed by atoms with Crippen LogP contribution in [0.3, 0.4) is 0 Å². The number of para-hydroxylation sites is 1. The van der Waals surface area contributed by atoms with Gasteiger partial charge in [0.25, 0.3) is 0 Å². The Kier molecular flexibility index (Phi) is 6.18. The van der Waals surface area contributed by atoms with Crippen molar-refractivity contribution in [1.29, 1.82) is 0 Å². The van der Waals surface area contributed by atoms with E-state index in [0.29, 0.717) is 12.0 Å². The summed E-state index contributed by atoms with van der Waals surface area (Å²) in [5.74, 6) is 0.784. The highest BCUT2D eigenvalue weighted by Crippen LogP contribution is 2.29. The van der Waals surface area contributed by atoms with Gasteiger partial charge in [-0.05, 0) is 44.2 Å². The maximum absolute atomic E-state index is 12.1. The summed E-state index contributed by atoms with van der Waals surface area (Å²) in [6.07, 6.45) is 7.38. The first-order chi connectivity index (χ1) is 11.7. The van der Waals surface area contributed by atoms with Crippen LogP contribution in [-0.4, -0.2) is 28.9 Å². The highest BCUT2D eigenvalue weighted by atomic mass is 32.2. The third-order valence-corrected chi connectivity index (χ3v) is 6.10. The minimum Gasteiger partial charge on any atom is -0.385 e. The molecule has 4 nitrogen and oxygen atoms in total. The minimum absolute atomic E-state index is 0.0291. The molecule has 2 fully saturated rings. The highest BCUT2D eigenvalue weighted by Gasteiger charge is 2.30. The van der Waals surface area contributed by atoms with Gasteiger partial charge in [0, 0.05) is 12.2 Å². The van der Waals surface area contributed by atoms with Gasteiger partial charge in [0.05, 0.1) is 11.3 Å². The molecule has 24 heavy (non-hydrogen) atoms. The normalized spacial score (nSPS) is 24.8. The fourth-order valence-corrected chi connectivity index (χ4v) is 4.52. The van der Waals surface area contributed by atoms with Gasteiger partial charge in [0.1, 0.15) is 0 Å². The van der Waals surface area contributed by atoms with E-state index in [9.17, 15) is 4.79 Å². The van der Waals surface area contributed by atoms with Gasteiger partial charge in [-0.3, -0.25) is 9.79 Å². The summed E-state index contributed by atoms with van der Waals surface area (Å²) in [4.78, 5) is 16.9. The van der Waals surface area contributed by atoms with Crippen LogP contribution in [0.4, 0.5) is 5.69 Å². The van der Waals surface area contributed by atoms with Gasteiger partial charge in [-0.1, -0.05) is 49.2 Å². The summed E-state index contributed by atoms with van der Waals surface area (Å²) in [6.45, 7) is 2.99. The first-order valence-electron chi connectivity index (χ1n) is 9.06. The van der Waals surface area contributed by atoms with Crippen LogP contribution in [0.25, 0.3) is 0 Å². The summed E-state index contributed by atoms with van der Waals surface area (Å²) < 4.78 is 0. The van der Waals surface area contributed by atoms with E-state index in [1.165, 1.54) is 32.1 Å². The van der Waals surface area contributed by atoms with Crippen LogP contribution in [0, 0.1) is 5.92 Å². The number of carbonyl (C=O) groups is 1. The lowest BCUT2D eigenvalue weighted by Crippen LogP contribution is -2.27. The molecule has 1 amide bonds. The number of amidine groups is 1. The Hall–Kier alpha value is -1.49. The standard InChI is InChI=1S/C19H27N3OS/c1-14(15-8-4-2-5-9-15)21-19-22-18(23)17(24-19)12-13-20-16-10-6-3-7-11-16/h3,6-7,10-11,14-15,17,20H,2,4-5,8-9,12-13H2,1H3,(H,21,22,23)/t14-,17?/m1/s1. The summed E-state index contributed by atoms with van der Waals surface area (Å²) in [6, 6.07) is 10.4. The largest absolute Gasteiger partial charge is 0.385 e. The molecular weight excluding hydrogens is 318 g/mol. The Bertz CT molecular complexity index is 569. The quantitative estimate of drug-likeness (QED) is 0.818. The topological polar surface area (TPSA) is 53.5 Å². The molecule has 3 rings (SSSR count). The summed E-state index contributed by atoms with van der Waals surface area (Å²) in [5, 5.41) is 7.13. The maximum atomic E-state index is 12.1. The smallest absolute Gasteiger partial charge is 0.239 e. The van der Waals surface area contributed by atoms with Crippen molar-refractivity contribution in [2.75, 3.05) is 11.9 Å². The molecule has 5 heteroatoms. The Morgan fingerprint density at radius 3 is 2.75 bits per heavy atom. The Labute approximate surface area is 148 Å². The number of benzene rings is 1. The monoisotopic (exact) mass is 345 g/mol. The van der Waals surface area contributed by atoms with E-state index in [1.54, 1.807) is 11.8 Å². The summed E-state index contributed by atoms with van der Waals surface area (Å²) >= 11 is 1.60. The molecule has 2 aliphatic rings. The van der Waals surface area contributed by atoms with E-state index in [2.05, 4.69) is 17.6 Å². The molecule has 1 saturated heterocycles. The van der Waals surface area contributed by atoms with Crippen molar-refractivity contribution in [3.8, 4) is 0 Å². The van der Waals surface area contributed by atoms with Crippen LogP contribution in [-0.2, 0) is 4.79 Å². The third-order valence-electron chi connectivity index (χ3n) is 4.94. The van der Waals surface area contributed by atoms with Crippen molar-refractivity contribution in [2.45, 2.75) is 56.7 Å². The Morgan fingerprint density at radius 1 is 1.25 bits per heavy atom. The van der Waals surface area contributed by atoms with Gasteiger partial charge in [-0.2, -0.15) is 0 Å². The third kappa shape index (κ3) is 4.76. The number of hydrogen-bond donors (Lipinski definition) is 2. The molecule has 0 bridgehead atoms. The number of nitrogens with zero attached hydrogens (tertiary/aromatic N) is 1. The molecule has 2 atom stereocenters. The molecule has 1 unspecified atom stereocenters. The molecule has 0 spiro atoms. The first kappa shape index (κ1) is 17.3. The summed E-state index contributed by atoms with van der Waals surface area (Å²) in [5.41, 5.74) is 1.10. The van der Waals surface area contributed by atoms with Gasteiger partial charge in [0.15, 0.2) is 5.17 Å². The number of hydrogen-bond acceptors (Lipinski definition) is 4. The second-order valence-corrected chi connectivity index (χ2v) is 7.94. The van der Waals surface area contributed by atoms with Crippen molar-refractivity contribution in [1.82, 2.24) is 5.32 Å². The van der Waals surface area contributed by atoms with E-state index < -0.39 is 0 Å². The first-order valence-corrected chi connectivity index (χ1v) is 9.94. The maximum Gasteiger partial charge on any atom is 0.239 e. The lowest BCUT2D eigenvalue weighted by molar-refractivity contribution is -0.118. The molecule has 1 saturated carbocycles. The molecule has 2 N–H and O–H groups in total. The lowest BCUT2D eigenvalue weighted by atomic mass is 9.85. The fourth-order valence-electron chi connectivity index (χ4n) is 3.47. The number of anilines is 1. The van der Waals surface area contributed by atoms with E-state index in [-0.39, 0.29) is 11.2 Å². The van der Waals surface area contributed by atoms with Crippen LogP contribution in [0.15, 0.2) is 35.3 Å². The molecule has 0 aromatic heterocycles. The SMILES string of the molecule is C[C@@H](N=C1NC(=O)C(CCNc2ccccc2)S1)C1CCCCC1. The van der Waals surface area contributed by atoms with E-state index in [0.717, 1.165) is 23.8 Å². The molecule has 0 radical (unpaired) electrons. The Balaban J connectivity index is 1.47. The predicted molar refractivity (Wildman–Crippen MR) is 103 cm³/mol. The van der Waals surface area contributed by atoms with Crippen molar-refractivity contribution in [3.63, 3.8) is 0 Å². The van der Waals surface area contributed by atoms with Gasteiger partial charge in [-0.15, -0.1) is 0 Å². The van der Waals surface area contributed by atoms with Crippen LogP contribution >= 0.6 is 11.8 Å². The van der Waals surface area contributed by atoms with Gasteiger partial charge < -0.3 is 10.6 Å². The van der Waals surface area contributed by atoms with Crippen LogP contribution in [0.1, 0.15) is 45.4 Å². The van der Waals surface area contributed by atoms with Crippen LogP contribution in [0.2, 0.25) is 0 Å². The molecule has 130 valence electrons. The number of carbonyl (C=O) groups excluding carboxylic acids is 1. The van der Waals surface area contributed by atoms with Crippen molar-refractivity contribution in [3.05, 3.63) is 30.3 Å². The zero-order chi connectivity index (χ0) is 16.8. The number of aliphatic imine (C=N–C) groups is 1. The fraction of sp³-hybridized carbons (Fsp3) is 0.579. The molecular formula is C19H27N3OS. The average Bonchev–Trinajstić information content (AvgIpc) is 2.96. The molecule has 1 aromatic rings. The second-order valence-electron chi connectivity index (χ2n) is 6.75. The van der Waals surface area contributed by atoms with E-state index in [1.807, 2.05) is 30.3 Å². The molecule has 1 aromatic carbocycles. The van der Waals surface area contributed by atoms with Gasteiger partial charge in [0.2, 0.25) is 5.91 Å². The predicted octanol–water partition coefficient (Wildman–Crippen LogP) is 4.05. The molecule has 1 aliphatic heterocycles. The van der Waals surface area contributed by atoms with Crippen LogP contribution < -0.4 is 10.6 Å². The zero-order valence-corrected chi connectivity index (χ0v) is 15.1. The van der Waals surface area contributed by atoms with Crippen molar-refractivity contribution in [2.24, 2.45) is 10.9 Å². The zero-order valence-electron chi connectivity index (χ0n) is 14.3. The van der Waals surface area contributed by atoms with Crippen molar-refractivity contribution >= 4 is 28.5 Å². The number of thioether (sulfide) groups is 1. The van der Waals surface area contributed by atoms with E-state index >= 15 is 0 Å². The number of amides is 1. The minimum atomic E-state index is -0.0291. The Morgan fingerprint density at radius 2 is 2.00 bits per heavy atom. The van der Waals surface area contributed by atoms with E-state index in [4.69, 9.17) is 4.99 Å². The number of rotatable bonds is 6. The second kappa shape index (κ2) is 8.56. The van der Waals surface area contributed by atoms with Crippen molar-refractivity contribution < 1.29 is 4.79 Å². The van der Waals surface area contributed by atoms with Gasteiger partial charge >= 0.3 is 0 Å². The molecule has 1 heterocycles. The van der Waals surface area contributed by atoms with Crippen LogP contribution in [0.5, 0.6) is 0 Å². The summed E-state index contributed by atoms with van der Waals surface area (Å²) in [7, 11) is 0. The average molecular weight is 346 g/mol. The highest BCUT2D eigenvalue weighted by molar-refractivity contribution is 8.15. The number of nitrogens with one attached hydrogen (secondary N) is 2. The molecule has 1 aliphatic carbocycles. The lowest BCUT2D eigenvalue weighted by Gasteiger charge is -2.25.